The standard InChI is InChI=1S/C55H38N2/c1-55(2)48-13-6-5-12-44(48)45-29-27-41(32-49(45)55)33-14-20-39(21-15-33)52-47-31-24-34-8-3-4-11-43(34)53(47)57-54(56-52)40-22-16-35(17-23-40)42-28-25-38-19-18-36-9-7-10-37-26-30-46(42)51(38)50(36)37/h3-32,52H,1-2H3,(H,56,57). The maximum atomic E-state index is 5.48. The van der Waals surface area contributed by atoms with Crippen molar-refractivity contribution in [2.75, 3.05) is 5.32 Å². The van der Waals surface area contributed by atoms with Crippen LogP contribution in [0.5, 0.6) is 0 Å². The molecule has 1 N–H and O–H groups in total. The third-order valence-electron chi connectivity index (χ3n) is 12.9. The molecule has 10 aromatic carbocycles. The van der Waals surface area contributed by atoms with Crippen molar-refractivity contribution in [1.29, 1.82) is 0 Å². The molecular weight excluding hydrogens is 689 g/mol. The van der Waals surface area contributed by atoms with Crippen molar-refractivity contribution in [2.24, 2.45) is 4.99 Å². The molecule has 2 aliphatic rings. The molecule has 0 fully saturated rings. The van der Waals surface area contributed by atoms with E-state index in [0.29, 0.717) is 0 Å². The van der Waals surface area contributed by atoms with Gasteiger partial charge in [-0.1, -0.05) is 190 Å². The van der Waals surface area contributed by atoms with Gasteiger partial charge in [0, 0.05) is 21.9 Å². The Kier molecular flexibility index (Phi) is 6.78. The van der Waals surface area contributed by atoms with Crippen LogP contribution < -0.4 is 5.32 Å². The third kappa shape index (κ3) is 4.80. The summed E-state index contributed by atoms with van der Waals surface area (Å²) in [7, 11) is 0. The first-order chi connectivity index (χ1) is 28.0. The van der Waals surface area contributed by atoms with Gasteiger partial charge in [0.2, 0.25) is 0 Å². The molecule has 0 saturated carbocycles. The summed E-state index contributed by atoms with van der Waals surface area (Å²) in [5, 5.41) is 14.1. The third-order valence-corrected chi connectivity index (χ3v) is 12.9. The fraction of sp³-hybridized carbons (Fsp3) is 0.0727. The van der Waals surface area contributed by atoms with Crippen LogP contribution in [0.15, 0.2) is 187 Å². The SMILES string of the molecule is CC1(C)c2ccccc2-c2ccc(-c3ccc(C4N=C(c5ccc(-c6ccc7ccc8cccc9ccc6c7c89)cc5)Nc5c4ccc4ccccc54)cc3)cc21. The van der Waals surface area contributed by atoms with Crippen molar-refractivity contribution in [3.8, 4) is 33.4 Å². The summed E-state index contributed by atoms with van der Waals surface area (Å²) >= 11 is 0. The van der Waals surface area contributed by atoms with Crippen LogP contribution in [0.1, 0.15) is 47.7 Å². The van der Waals surface area contributed by atoms with Gasteiger partial charge in [-0.2, -0.15) is 0 Å². The summed E-state index contributed by atoms with van der Waals surface area (Å²) in [4.78, 5) is 5.48. The molecular formula is C55H38N2. The summed E-state index contributed by atoms with van der Waals surface area (Å²) < 4.78 is 0. The van der Waals surface area contributed by atoms with Crippen LogP contribution in [0.2, 0.25) is 0 Å². The molecule has 2 nitrogen and oxygen atoms in total. The lowest BCUT2D eigenvalue weighted by molar-refractivity contribution is 0.660. The Bertz CT molecular complexity index is 3260. The van der Waals surface area contributed by atoms with Gasteiger partial charge >= 0.3 is 0 Å². The zero-order valence-corrected chi connectivity index (χ0v) is 31.8. The van der Waals surface area contributed by atoms with Crippen LogP contribution in [0.3, 0.4) is 0 Å². The quantitative estimate of drug-likeness (QED) is 0.179. The van der Waals surface area contributed by atoms with Gasteiger partial charge in [0.15, 0.2) is 0 Å². The minimum Gasteiger partial charge on any atom is -0.339 e. The lowest BCUT2D eigenvalue weighted by Gasteiger charge is -2.27. The van der Waals surface area contributed by atoms with Gasteiger partial charge in [-0.15, -0.1) is 0 Å². The monoisotopic (exact) mass is 726 g/mol. The molecule has 12 rings (SSSR count). The van der Waals surface area contributed by atoms with E-state index >= 15 is 0 Å². The van der Waals surface area contributed by atoms with Crippen molar-refractivity contribution in [3.05, 3.63) is 210 Å². The van der Waals surface area contributed by atoms with Gasteiger partial charge < -0.3 is 5.32 Å². The van der Waals surface area contributed by atoms with Gasteiger partial charge in [0.1, 0.15) is 11.9 Å². The van der Waals surface area contributed by atoms with E-state index in [1.54, 1.807) is 0 Å². The van der Waals surface area contributed by atoms with Crippen molar-refractivity contribution >= 4 is 54.6 Å². The maximum absolute atomic E-state index is 5.48. The Morgan fingerprint density at radius 3 is 1.89 bits per heavy atom. The molecule has 0 saturated heterocycles. The van der Waals surface area contributed by atoms with Crippen LogP contribution >= 0.6 is 0 Å². The summed E-state index contributed by atoms with van der Waals surface area (Å²) in [6.45, 7) is 4.69. The molecule has 1 aliphatic heterocycles. The fourth-order valence-corrected chi connectivity index (χ4v) is 9.94. The molecule has 1 unspecified atom stereocenters. The number of benzene rings is 10. The van der Waals surface area contributed by atoms with Gasteiger partial charge in [-0.25, -0.2) is 0 Å². The lowest BCUT2D eigenvalue weighted by atomic mass is 9.81. The number of fused-ring (bicyclic) bond motifs is 6. The summed E-state index contributed by atoms with van der Waals surface area (Å²) in [6.07, 6.45) is 0. The van der Waals surface area contributed by atoms with E-state index in [9.17, 15) is 0 Å². The summed E-state index contributed by atoms with van der Waals surface area (Å²) in [5.74, 6) is 0.885. The van der Waals surface area contributed by atoms with Crippen LogP contribution in [0, 0.1) is 0 Å². The van der Waals surface area contributed by atoms with E-state index in [2.05, 4.69) is 201 Å². The van der Waals surface area contributed by atoms with Crippen LogP contribution in [0.25, 0.3) is 76.5 Å². The Labute approximate surface area is 332 Å². The molecule has 0 bridgehead atoms. The fourth-order valence-electron chi connectivity index (χ4n) is 9.94. The molecule has 2 heteroatoms. The number of nitrogens with one attached hydrogen (secondary N) is 1. The average Bonchev–Trinajstić information content (AvgIpc) is 3.50. The molecule has 1 heterocycles. The average molecular weight is 727 g/mol. The molecule has 1 aliphatic carbocycles. The highest BCUT2D eigenvalue weighted by Gasteiger charge is 2.35. The zero-order chi connectivity index (χ0) is 37.8. The molecule has 1 atom stereocenters. The Hall–Kier alpha value is -7.03. The normalized spacial score (nSPS) is 15.4. The van der Waals surface area contributed by atoms with Crippen LogP contribution in [0.4, 0.5) is 5.69 Å². The first-order valence-corrected chi connectivity index (χ1v) is 20.0. The number of rotatable bonds is 4. The summed E-state index contributed by atoms with van der Waals surface area (Å²) in [6, 6.07) is 67.1. The Morgan fingerprint density at radius 2 is 1.05 bits per heavy atom. The number of hydrogen-bond donors (Lipinski definition) is 1. The van der Waals surface area contributed by atoms with Crippen LogP contribution in [-0.4, -0.2) is 5.84 Å². The van der Waals surface area contributed by atoms with Crippen molar-refractivity contribution in [1.82, 2.24) is 0 Å². The van der Waals surface area contributed by atoms with Crippen molar-refractivity contribution < 1.29 is 0 Å². The first-order valence-electron chi connectivity index (χ1n) is 20.0. The Morgan fingerprint density at radius 1 is 0.439 bits per heavy atom. The number of aliphatic imine (C=N–C) groups is 1. The largest absolute Gasteiger partial charge is 0.339 e. The molecule has 0 aromatic heterocycles. The van der Waals surface area contributed by atoms with E-state index in [4.69, 9.17) is 4.99 Å². The molecule has 0 amide bonds. The maximum Gasteiger partial charge on any atom is 0.133 e. The highest BCUT2D eigenvalue weighted by atomic mass is 15.0. The highest BCUT2D eigenvalue weighted by molar-refractivity contribution is 6.25. The second kappa shape index (κ2) is 12.0. The van der Waals surface area contributed by atoms with Gasteiger partial charge in [-0.05, 0) is 93.8 Å². The lowest BCUT2D eigenvalue weighted by Crippen LogP contribution is -2.22. The predicted octanol–water partition coefficient (Wildman–Crippen LogP) is 14.3. The second-order valence-corrected chi connectivity index (χ2v) is 16.4. The van der Waals surface area contributed by atoms with Gasteiger partial charge in [-0.3, -0.25) is 4.99 Å². The minimum atomic E-state index is -0.152. The molecule has 0 radical (unpaired) electrons. The second-order valence-electron chi connectivity index (χ2n) is 16.4. The number of amidine groups is 1. The smallest absolute Gasteiger partial charge is 0.133 e. The van der Waals surface area contributed by atoms with Crippen molar-refractivity contribution in [3.63, 3.8) is 0 Å². The van der Waals surface area contributed by atoms with E-state index < -0.39 is 0 Å². The molecule has 0 spiro atoms. The Balaban J connectivity index is 0.925. The van der Waals surface area contributed by atoms with Gasteiger partial charge in [0.05, 0.1) is 5.69 Å². The zero-order valence-electron chi connectivity index (χ0n) is 31.8. The van der Waals surface area contributed by atoms with Crippen LogP contribution in [-0.2, 0) is 5.41 Å². The van der Waals surface area contributed by atoms with E-state index in [1.165, 1.54) is 98.7 Å². The van der Waals surface area contributed by atoms with E-state index in [1.807, 2.05) is 0 Å². The topological polar surface area (TPSA) is 24.4 Å². The highest BCUT2D eigenvalue weighted by Crippen LogP contribution is 2.50. The molecule has 10 aromatic rings. The summed E-state index contributed by atoms with van der Waals surface area (Å²) in [5.41, 5.74) is 14.9. The number of hydrogen-bond acceptors (Lipinski definition) is 2. The number of anilines is 1. The minimum absolute atomic E-state index is 0.0330. The predicted molar refractivity (Wildman–Crippen MR) is 241 cm³/mol. The van der Waals surface area contributed by atoms with E-state index in [0.717, 1.165) is 17.1 Å². The van der Waals surface area contributed by atoms with Crippen molar-refractivity contribution in [2.45, 2.75) is 25.3 Å². The molecule has 268 valence electrons. The van der Waals surface area contributed by atoms with Gasteiger partial charge in [0.25, 0.3) is 0 Å². The number of nitrogens with zero attached hydrogens (tertiary/aromatic N) is 1. The van der Waals surface area contributed by atoms with E-state index in [-0.39, 0.29) is 11.5 Å². The first kappa shape index (κ1) is 32.2. The molecule has 57 heavy (non-hydrogen) atoms.